The number of aromatic nitrogens is 2. The summed E-state index contributed by atoms with van der Waals surface area (Å²) in [6, 6.07) is 10.2. The molecule has 2 amide bonds. The zero-order valence-electron chi connectivity index (χ0n) is 20.8. The molecule has 0 aliphatic carbocycles. The van der Waals surface area contributed by atoms with E-state index in [0.29, 0.717) is 52.5 Å². The van der Waals surface area contributed by atoms with E-state index in [1.54, 1.807) is 25.1 Å². The fraction of sp³-hybridized carbons (Fsp3) is 0.346. The molecule has 4 rings (SSSR count). The third-order valence-electron chi connectivity index (χ3n) is 5.52. The Bertz CT molecular complexity index is 1300. The van der Waals surface area contributed by atoms with Crippen LogP contribution in [0.25, 0.3) is 11.0 Å². The van der Waals surface area contributed by atoms with Gasteiger partial charge in [-0.1, -0.05) is 17.8 Å². The molecule has 36 heavy (non-hydrogen) atoms. The molecule has 0 spiro atoms. The monoisotopic (exact) mass is 510 g/mol. The van der Waals surface area contributed by atoms with Crippen molar-refractivity contribution < 1.29 is 23.8 Å². The molecule has 9 nitrogen and oxygen atoms in total. The molecule has 1 aliphatic rings. The summed E-state index contributed by atoms with van der Waals surface area (Å²) in [4.78, 5) is 33.8. The largest absolute Gasteiger partial charge is 0.494 e. The summed E-state index contributed by atoms with van der Waals surface area (Å²) in [5.74, 6) is 0.941. The van der Waals surface area contributed by atoms with Gasteiger partial charge in [-0.05, 0) is 63.6 Å². The van der Waals surface area contributed by atoms with Gasteiger partial charge in [-0.3, -0.25) is 0 Å². The number of H-pyrrole nitrogens is 1. The van der Waals surface area contributed by atoms with Crippen molar-refractivity contribution in [2.45, 2.75) is 38.9 Å². The highest BCUT2D eigenvalue weighted by Gasteiger charge is 2.35. The normalized spacial score (nSPS) is 15.4. The zero-order chi connectivity index (χ0) is 25.7. The number of ether oxygens (including phenoxy) is 3. The number of imidazole rings is 1. The molecule has 0 saturated carbocycles. The predicted octanol–water partition coefficient (Wildman–Crippen LogP) is 4.63. The Morgan fingerprint density at radius 3 is 2.61 bits per heavy atom. The van der Waals surface area contributed by atoms with Gasteiger partial charge in [-0.25, -0.2) is 14.6 Å². The molecule has 190 valence electrons. The highest BCUT2D eigenvalue weighted by molar-refractivity contribution is 7.99. The van der Waals surface area contributed by atoms with Crippen LogP contribution >= 0.6 is 11.8 Å². The molecule has 1 aromatic heterocycles. The van der Waals surface area contributed by atoms with Gasteiger partial charge in [-0.15, -0.1) is 0 Å². The molecule has 3 N–H and O–H groups in total. The van der Waals surface area contributed by atoms with Crippen molar-refractivity contribution in [1.82, 2.24) is 20.6 Å². The van der Waals surface area contributed by atoms with Crippen molar-refractivity contribution in [3.8, 4) is 11.5 Å². The van der Waals surface area contributed by atoms with Gasteiger partial charge in [0, 0.05) is 17.0 Å². The van der Waals surface area contributed by atoms with Crippen molar-refractivity contribution in [1.29, 1.82) is 0 Å². The van der Waals surface area contributed by atoms with E-state index in [9.17, 15) is 9.59 Å². The molecule has 2 aromatic carbocycles. The first-order valence-corrected chi connectivity index (χ1v) is 12.9. The van der Waals surface area contributed by atoms with E-state index in [-0.39, 0.29) is 6.61 Å². The first-order chi connectivity index (χ1) is 17.4. The number of aromatic amines is 1. The molecule has 10 heteroatoms. The minimum atomic E-state index is -0.784. The Labute approximate surface area is 214 Å². The van der Waals surface area contributed by atoms with Gasteiger partial charge in [0.25, 0.3) is 0 Å². The number of nitrogens with zero attached hydrogens (tertiary/aromatic N) is 1. The number of aryl methyl sites for hydroxylation is 1. The summed E-state index contributed by atoms with van der Waals surface area (Å²) in [7, 11) is 0. The summed E-state index contributed by atoms with van der Waals surface area (Å²) in [5.41, 5.74) is 4.28. The average Bonchev–Trinajstić information content (AvgIpc) is 3.25. The minimum Gasteiger partial charge on any atom is -0.494 e. The Hall–Kier alpha value is -3.66. The number of thioether (sulfide) groups is 1. The van der Waals surface area contributed by atoms with Gasteiger partial charge in [0.05, 0.1) is 42.5 Å². The Kier molecular flexibility index (Phi) is 8.04. The second kappa shape index (κ2) is 11.4. The zero-order valence-corrected chi connectivity index (χ0v) is 21.6. The number of carbonyl (C=O) groups excluding carboxylic acids is 2. The molecule has 0 radical (unpaired) electrons. The van der Waals surface area contributed by atoms with E-state index < -0.39 is 18.0 Å². The van der Waals surface area contributed by atoms with Crippen LogP contribution in [0, 0.1) is 6.92 Å². The highest BCUT2D eigenvalue weighted by atomic mass is 32.2. The number of esters is 1. The lowest BCUT2D eigenvalue weighted by molar-refractivity contribution is -0.139. The van der Waals surface area contributed by atoms with Crippen LogP contribution in [0.1, 0.15) is 37.9 Å². The predicted molar refractivity (Wildman–Crippen MR) is 138 cm³/mol. The van der Waals surface area contributed by atoms with E-state index in [2.05, 4.69) is 20.6 Å². The first kappa shape index (κ1) is 25.4. The smallest absolute Gasteiger partial charge is 0.338 e. The van der Waals surface area contributed by atoms with E-state index >= 15 is 0 Å². The van der Waals surface area contributed by atoms with Crippen molar-refractivity contribution in [2.24, 2.45) is 0 Å². The van der Waals surface area contributed by atoms with Crippen LogP contribution in [-0.4, -0.2) is 47.5 Å². The SMILES string of the molecule is CCOC(=O)C1=C(CSc2nc3ccc(C)cc3[nH]2)NC(=O)N[C@H]1c1cc(OCC)ccc1OCC. The van der Waals surface area contributed by atoms with Crippen molar-refractivity contribution in [2.75, 3.05) is 25.6 Å². The molecule has 0 fully saturated rings. The van der Waals surface area contributed by atoms with Gasteiger partial charge in [-0.2, -0.15) is 0 Å². The molecule has 0 bridgehead atoms. The van der Waals surface area contributed by atoms with Crippen LogP contribution < -0.4 is 20.1 Å². The quantitative estimate of drug-likeness (QED) is 0.269. The van der Waals surface area contributed by atoms with Crippen molar-refractivity contribution in [3.05, 3.63) is 58.8 Å². The Morgan fingerprint density at radius 1 is 1.06 bits per heavy atom. The molecule has 3 aromatic rings. The topological polar surface area (TPSA) is 115 Å². The standard InChI is InChI=1S/C26H30N4O5S/c1-5-33-16-9-11-21(34-6-2)17(13-16)23-22(24(31)35-7-3)20(27-25(32)30-23)14-36-26-28-18-10-8-15(4)12-19(18)29-26/h8-13,23H,5-7,14H2,1-4H3,(H,28,29)(H2,27,30,32)/t23-/m0/s1. The lowest BCUT2D eigenvalue weighted by Gasteiger charge is -2.30. The number of hydrogen-bond acceptors (Lipinski definition) is 7. The van der Waals surface area contributed by atoms with Crippen LogP contribution in [0.15, 0.2) is 52.8 Å². The van der Waals surface area contributed by atoms with Crippen LogP contribution in [0.3, 0.4) is 0 Å². The maximum atomic E-state index is 13.2. The molecule has 0 unspecified atom stereocenters. The summed E-state index contributed by atoms with van der Waals surface area (Å²) >= 11 is 1.39. The number of rotatable bonds is 10. The van der Waals surface area contributed by atoms with Gasteiger partial charge < -0.3 is 29.8 Å². The average molecular weight is 511 g/mol. The van der Waals surface area contributed by atoms with Crippen molar-refractivity contribution in [3.63, 3.8) is 0 Å². The summed E-state index contributed by atoms with van der Waals surface area (Å²) in [6.45, 7) is 8.63. The number of nitrogens with one attached hydrogen (secondary N) is 3. The number of hydrogen-bond donors (Lipinski definition) is 3. The van der Waals surface area contributed by atoms with Crippen molar-refractivity contribution >= 4 is 34.8 Å². The maximum Gasteiger partial charge on any atom is 0.338 e. The molecule has 1 aliphatic heterocycles. The van der Waals surface area contributed by atoms with Gasteiger partial charge >= 0.3 is 12.0 Å². The number of amides is 2. The lowest BCUT2D eigenvalue weighted by atomic mass is 9.94. The molecular formula is C26H30N4O5S. The number of carbonyl (C=O) groups is 2. The summed E-state index contributed by atoms with van der Waals surface area (Å²) < 4.78 is 16.9. The molecule has 0 saturated heterocycles. The number of fused-ring (bicyclic) bond motifs is 1. The highest BCUT2D eigenvalue weighted by Crippen LogP contribution is 2.37. The van der Waals surface area contributed by atoms with Crippen LogP contribution in [0.4, 0.5) is 4.79 Å². The maximum absolute atomic E-state index is 13.2. The third kappa shape index (κ3) is 5.59. The Morgan fingerprint density at radius 2 is 1.86 bits per heavy atom. The van der Waals surface area contributed by atoms with Crippen LogP contribution in [-0.2, 0) is 9.53 Å². The van der Waals surface area contributed by atoms with E-state index in [4.69, 9.17) is 14.2 Å². The minimum absolute atomic E-state index is 0.198. The number of benzene rings is 2. The summed E-state index contributed by atoms with van der Waals surface area (Å²) in [6.07, 6.45) is 0. The van der Waals surface area contributed by atoms with E-state index in [0.717, 1.165) is 16.6 Å². The van der Waals surface area contributed by atoms with Gasteiger partial charge in [0.1, 0.15) is 11.5 Å². The van der Waals surface area contributed by atoms with Gasteiger partial charge in [0.2, 0.25) is 0 Å². The first-order valence-electron chi connectivity index (χ1n) is 11.9. The van der Waals surface area contributed by atoms with E-state index in [1.807, 2.05) is 39.0 Å². The molecule has 1 atom stereocenters. The number of urea groups is 1. The second-order valence-corrected chi connectivity index (χ2v) is 9.03. The Balaban J connectivity index is 1.73. The third-order valence-corrected chi connectivity index (χ3v) is 6.42. The summed E-state index contributed by atoms with van der Waals surface area (Å²) in [5, 5.41) is 6.36. The fourth-order valence-electron chi connectivity index (χ4n) is 4.02. The fourth-order valence-corrected chi connectivity index (χ4v) is 4.87. The van der Waals surface area contributed by atoms with Crippen LogP contribution in [0.2, 0.25) is 0 Å². The van der Waals surface area contributed by atoms with Gasteiger partial charge in [0.15, 0.2) is 5.16 Å². The van der Waals surface area contributed by atoms with Crippen LogP contribution in [0.5, 0.6) is 11.5 Å². The molecule has 2 heterocycles. The van der Waals surface area contributed by atoms with E-state index in [1.165, 1.54) is 11.8 Å². The lowest BCUT2D eigenvalue weighted by Crippen LogP contribution is -2.46. The second-order valence-electron chi connectivity index (χ2n) is 8.06. The molecular weight excluding hydrogens is 480 g/mol.